The molecule has 3 aromatic carbocycles. The Balaban J connectivity index is 0.000000242. The fraction of sp³-hybridized carbons (Fsp3) is 0.192. The predicted octanol–water partition coefficient (Wildman–Crippen LogP) is 3.66. The van der Waals surface area contributed by atoms with Crippen molar-refractivity contribution in [3.8, 4) is 6.07 Å². The van der Waals surface area contributed by atoms with Gasteiger partial charge in [0.25, 0.3) is 23.2 Å². The second-order valence-corrected chi connectivity index (χ2v) is 8.68. The quantitative estimate of drug-likeness (QED) is 0.196. The highest BCUT2D eigenvalue weighted by molar-refractivity contribution is 6.21. The smallest absolute Gasteiger partial charge is 0.300 e. The van der Waals surface area contributed by atoms with E-state index < -0.39 is 21.2 Å². The summed E-state index contributed by atoms with van der Waals surface area (Å²) in [4.78, 5) is 47.2. The lowest BCUT2D eigenvalue weighted by molar-refractivity contribution is -0.393. The summed E-state index contributed by atoms with van der Waals surface area (Å²) in [5.41, 5.74) is 13.2. The molecule has 2 amide bonds. The first kappa shape index (κ1) is 28.1. The third-order valence-corrected chi connectivity index (χ3v) is 6.12. The number of nitrogens with two attached hydrogens (primary N) is 2. The van der Waals surface area contributed by atoms with E-state index in [2.05, 4.69) is 4.90 Å². The van der Waals surface area contributed by atoms with Crippen molar-refractivity contribution in [3.63, 3.8) is 0 Å². The number of anilines is 3. The zero-order valence-corrected chi connectivity index (χ0v) is 21.2. The Morgan fingerprint density at radius 2 is 1.59 bits per heavy atom. The lowest BCUT2D eigenvalue weighted by atomic mass is 10.1. The molecule has 0 fully saturated rings. The van der Waals surface area contributed by atoms with Gasteiger partial charge in [0.15, 0.2) is 0 Å². The minimum Gasteiger partial charge on any atom is -0.399 e. The summed E-state index contributed by atoms with van der Waals surface area (Å²) in [7, 11) is 1.99. The van der Waals surface area contributed by atoms with Crippen molar-refractivity contribution in [1.82, 2.24) is 4.90 Å². The summed E-state index contributed by atoms with van der Waals surface area (Å²) in [6.07, 6.45) is 0.714. The number of amides is 2. The second kappa shape index (κ2) is 11.7. The van der Waals surface area contributed by atoms with E-state index >= 15 is 0 Å². The van der Waals surface area contributed by atoms with Crippen LogP contribution in [0.2, 0.25) is 0 Å². The number of fused-ring (bicyclic) bond motifs is 1. The highest BCUT2D eigenvalue weighted by atomic mass is 16.6. The van der Waals surface area contributed by atoms with Gasteiger partial charge in [0.2, 0.25) is 0 Å². The number of nitrogens with zero attached hydrogens (tertiary/aromatic N) is 5. The largest absolute Gasteiger partial charge is 0.399 e. The maximum absolute atomic E-state index is 12.3. The van der Waals surface area contributed by atoms with Crippen LogP contribution >= 0.6 is 0 Å². The van der Waals surface area contributed by atoms with Gasteiger partial charge in [0.05, 0.1) is 32.6 Å². The summed E-state index contributed by atoms with van der Waals surface area (Å²) in [5, 5.41) is 29.4. The number of nitro benzene ring substituents is 2. The average molecular weight is 532 g/mol. The van der Waals surface area contributed by atoms with Gasteiger partial charge < -0.3 is 16.4 Å². The molecule has 0 radical (unpaired) electrons. The van der Waals surface area contributed by atoms with Gasteiger partial charge in [0.1, 0.15) is 11.8 Å². The first-order valence-corrected chi connectivity index (χ1v) is 11.6. The molecule has 1 heterocycles. The van der Waals surface area contributed by atoms with Crippen molar-refractivity contribution in [2.45, 2.75) is 13.3 Å². The molecule has 39 heavy (non-hydrogen) atoms. The molecule has 4 N–H and O–H groups in total. The third kappa shape index (κ3) is 6.08. The molecule has 0 atom stereocenters. The van der Waals surface area contributed by atoms with Gasteiger partial charge >= 0.3 is 0 Å². The maximum Gasteiger partial charge on any atom is 0.300 e. The molecule has 0 bridgehead atoms. The van der Waals surface area contributed by atoms with Crippen LogP contribution in [0.3, 0.4) is 0 Å². The van der Waals surface area contributed by atoms with Crippen LogP contribution in [0.5, 0.6) is 0 Å². The zero-order valence-electron chi connectivity index (χ0n) is 21.2. The number of hydrogen-bond acceptors (Lipinski definition) is 10. The van der Waals surface area contributed by atoms with Crippen LogP contribution in [0, 0.1) is 38.5 Å². The molecule has 1 aliphatic heterocycles. The number of nitriles is 1. The van der Waals surface area contributed by atoms with E-state index in [1.54, 1.807) is 30.3 Å². The van der Waals surface area contributed by atoms with Crippen LogP contribution in [0.15, 0.2) is 54.6 Å². The van der Waals surface area contributed by atoms with Gasteiger partial charge in [-0.25, -0.2) is 0 Å². The van der Waals surface area contributed by atoms with Crippen LogP contribution < -0.4 is 16.4 Å². The van der Waals surface area contributed by atoms with E-state index in [1.807, 2.05) is 32.2 Å². The highest BCUT2D eigenvalue weighted by Crippen LogP contribution is 2.30. The number of rotatable bonds is 7. The fourth-order valence-electron chi connectivity index (χ4n) is 3.91. The minimum absolute atomic E-state index is 0.193. The Morgan fingerprint density at radius 3 is 2.10 bits per heavy atom. The van der Waals surface area contributed by atoms with E-state index in [4.69, 9.17) is 16.7 Å². The number of aryl methyl sites for hydroxylation is 1. The monoisotopic (exact) mass is 531 g/mol. The molecule has 0 spiro atoms. The third-order valence-electron chi connectivity index (χ3n) is 6.12. The van der Waals surface area contributed by atoms with Crippen molar-refractivity contribution in [2.75, 3.05) is 36.5 Å². The van der Waals surface area contributed by atoms with Gasteiger partial charge in [-0.3, -0.25) is 34.7 Å². The highest BCUT2D eigenvalue weighted by Gasteiger charge is 2.34. The van der Waals surface area contributed by atoms with Crippen molar-refractivity contribution in [3.05, 3.63) is 97.1 Å². The van der Waals surface area contributed by atoms with Crippen LogP contribution in [0.25, 0.3) is 0 Å². The number of carbonyl (C=O) groups is 2. The molecule has 0 aliphatic carbocycles. The van der Waals surface area contributed by atoms with Gasteiger partial charge in [0, 0.05) is 37.6 Å². The first-order valence-electron chi connectivity index (χ1n) is 11.6. The minimum atomic E-state index is -0.872. The number of nitro groups is 2. The Hall–Kier alpha value is -5.51. The number of benzene rings is 3. The number of imide groups is 1. The lowest BCUT2D eigenvalue weighted by Gasteiger charge is -2.22. The number of hydrogen-bond donors (Lipinski definition) is 2. The Labute approximate surface area is 223 Å². The molecule has 0 unspecified atom stereocenters. The average Bonchev–Trinajstić information content (AvgIpc) is 3.15. The zero-order chi connectivity index (χ0) is 28.9. The van der Waals surface area contributed by atoms with Crippen molar-refractivity contribution in [1.29, 1.82) is 5.26 Å². The standard InChI is InChI=1S/C19H21N3O2.C7H4N4O4/c1-13-12-14(8-9-17(13)20)21(2)10-5-11-22-18(23)15-6-3-4-7-16(15)19(22)24;8-3-4-1-5(10(12)13)2-6(7(4)9)11(14)15/h3-4,6-9,12H,5,10-11,20H2,1-2H3;1-2H,9H2. The molecule has 0 saturated heterocycles. The molecule has 0 saturated carbocycles. The molecule has 4 rings (SSSR count). The number of non-ortho nitro benzene ring substituents is 1. The Bertz CT molecular complexity index is 1480. The van der Waals surface area contributed by atoms with Crippen LogP contribution in [-0.2, 0) is 0 Å². The summed E-state index contributed by atoms with van der Waals surface area (Å²) < 4.78 is 0. The van der Waals surface area contributed by atoms with E-state index in [0.29, 0.717) is 24.1 Å². The lowest BCUT2D eigenvalue weighted by Crippen LogP contribution is -2.32. The molecular formula is C26H25N7O6. The number of nitrogen functional groups attached to an aromatic ring is 2. The van der Waals surface area contributed by atoms with Crippen molar-refractivity contribution < 1.29 is 19.4 Å². The molecule has 13 heteroatoms. The van der Waals surface area contributed by atoms with E-state index in [0.717, 1.165) is 35.6 Å². The molecule has 200 valence electrons. The van der Waals surface area contributed by atoms with Crippen LogP contribution in [0.4, 0.5) is 28.4 Å². The summed E-state index contributed by atoms with van der Waals surface area (Å²) in [5.74, 6) is -0.386. The predicted molar refractivity (Wildman–Crippen MR) is 144 cm³/mol. The van der Waals surface area contributed by atoms with Crippen LogP contribution in [0.1, 0.15) is 38.3 Å². The summed E-state index contributed by atoms with van der Waals surface area (Å²) >= 11 is 0. The first-order chi connectivity index (χ1) is 18.5. The van der Waals surface area contributed by atoms with Gasteiger partial charge in [-0.15, -0.1) is 0 Å². The van der Waals surface area contributed by atoms with E-state index in [9.17, 15) is 29.8 Å². The van der Waals surface area contributed by atoms with Gasteiger partial charge in [-0.2, -0.15) is 5.26 Å². The molecule has 3 aromatic rings. The Kier molecular flexibility index (Phi) is 8.42. The fourth-order valence-corrected chi connectivity index (χ4v) is 3.91. The topological polar surface area (TPSA) is 203 Å². The Morgan fingerprint density at radius 1 is 0.974 bits per heavy atom. The molecule has 0 aromatic heterocycles. The SMILES string of the molecule is Cc1cc(N(C)CCCN2C(=O)c3ccccc3C2=O)ccc1N.N#Cc1cc([N+](=O)[O-])cc([N+](=O)[O-])c1N. The van der Waals surface area contributed by atoms with E-state index in [1.165, 1.54) is 4.90 Å². The van der Waals surface area contributed by atoms with Crippen LogP contribution in [-0.4, -0.2) is 46.7 Å². The van der Waals surface area contributed by atoms with Gasteiger partial charge in [-0.05, 0) is 49.2 Å². The summed E-state index contributed by atoms with van der Waals surface area (Å²) in [6.45, 7) is 3.15. The summed E-state index contributed by atoms with van der Waals surface area (Å²) in [6, 6.07) is 16.1. The van der Waals surface area contributed by atoms with Crippen molar-refractivity contribution >= 4 is 40.3 Å². The van der Waals surface area contributed by atoms with Gasteiger partial charge in [-0.1, -0.05) is 12.1 Å². The van der Waals surface area contributed by atoms with Crippen molar-refractivity contribution in [2.24, 2.45) is 0 Å². The van der Waals surface area contributed by atoms with E-state index in [-0.39, 0.29) is 23.1 Å². The number of carbonyl (C=O) groups excluding carboxylic acids is 2. The maximum atomic E-state index is 12.3. The second-order valence-electron chi connectivity index (χ2n) is 8.68. The molecular weight excluding hydrogens is 506 g/mol. The normalized spacial score (nSPS) is 11.8. The molecule has 1 aliphatic rings. The molecule has 13 nitrogen and oxygen atoms in total.